The summed E-state index contributed by atoms with van der Waals surface area (Å²) >= 11 is 0. The van der Waals surface area contributed by atoms with E-state index in [0.717, 1.165) is 12.8 Å². The number of benzene rings is 1. The zero-order valence-electron chi connectivity index (χ0n) is 14.4. The lowest BCUT2D eigenvalue weighted by atomic mass is 9.79. The molecule has 4 heteroatoms. The van der Waals surface area contributed by atoms with Crippen LogP contribution in [0.2, 0.25) is 0 Å². The van der Waals surface area contributed by atoms with Crippen molar-refractivity contribution in [2.75, 3.05) is 0 Å². The second-order valence-electron chi connectivity index (χ2n) is 7.24. The van der Waals surface area contributed by atoms with Gasteiger partial charge in [0.1, 0.15) is 0 Å². The van der Waals surface area contributed by atoms with E-state index in [9.17, 15) is 0 Å². The zero-order chi connectivity index (χ0) is 16.8. The molecule has 0 radical (unpaired) electrons. The van der Waals surface area contributed by atoms with Gasteiger partial charge in [0.15, 0.2) is 0 Å². The minimum atomic E-state index is -1.44. The maximum absolute atomic E-state index is 9.06. The van der Waals surface area contributed by atoms with E-state index in [2.05, 4.69) is 46.8 Å². The summed E-state index contributed by atoms with van der Waals surface area (Å²) in [5.41, 5.74) is 0.922. The highest BCUT2D eigenvalue weighted by Crippen LogP contribution is 2.34. The molecule has 1 atom stereocenters. The molecule has 0 heterocycles. The maximum Gasteiger partial charge on any atom is 0.480 e. The number of rotatable bonds is 7. The van der Waals surface area contributed by atoms with Crippen molar-refractivity contribution in [3.05, 3.63) is 47.9 Å². The molecule has 0 amide bonds. The number of ether oxygens (including phenoxy) is 1. The van der Waals surface area contributed by atoms with Gasteiger partial charge in [-0.3, -0.25) is 0 Å². The first-order valence-corrected chi connectivity index (χ1v) is 7.88. The molecule has 1 aromatic carbocycles. The van der Waals surface area contributed by atoms with Crippen LogP contribution in [0.5, 0.6) is 0 Å². The van der Waals surface area contributed by atoms with Crippen molar-refractivity contribution in [1.82, 2.24) is 0 Å². The van der Waals surface area contributed by atoms with E-state index in [1.807, 2.05) is 18.2 Å². The van der Waals surface area contributed by atoms with Crippen LogP contribution in [0.15, 0.2) is 42.4 Å². The summed E-state index contributed by atoms with van der Waals surface area (Å²) < 4.78 is 6.27. The molecule has 0 spiro atoms. The molecule has 0 saturated carbocycles. The molecule has 0 fully saturated rings. The van der Waals surface area contributed by atoms with E-state index in [-0.39, 0.29) is 17.1 Å². The summed E-state index contributed by atoms with van der Waals surface area (Å²) in [5, 5.41) is 18.1. The van der Waals surface area contributed by atoms with Crippen LogP contribution in [-0.2, 0) is 11.2 Å². The summed E-state index contributed by atoms with van der Waals surface area (Å²) in [7, 11) is -1.44. The first-order valence-electron chi connectivity index (χ1n) is 7.88. The summed E-state index contributed by atoms with van der Waals surface area (Å²) in [6.45, 7) is 10.6. The quantitative estimate of drug-likeness (QED) is 0.759. The Morgan fingerprint density at radius 3 is 2.18 bits per heavy atom. The van der Waals surface area contributed by atoms with Gasteiger partial charge in [-0.2, -0.15) is 0 Å². The highest BCUT2D eigenvalue weighted by atomic mass is 16.5. The number of hydrogen-bond donors (Lipinski definition) is 2. The number of aryl methyl sites for hydroxylation is 1. The molecule has 22 heavy (non-hydrogen) atoms. The Balaban J connectivity index is 2.76. The van der Waals surface area contributed by atoms with E-state index in [4.69, 9.17) is 14.8 Å². The predicted molar refractivity (Wildman–Crippen MR) is 92.5 cm³/mol. The molecular formula is C18H29BO3. The molecule has 0 saturated heterocycles. The Morgan fingerprint density at radius 2 is 1.68 bits per heavy atom. The average Bonchev–Trinajstić information content (AvgIpc) is 2.41. The molecule has 2 N–H and O–H groups in total. The smallest absolute Gasteiger partial charge is 0.424 e. The van der Waals surface area contributed by atoms with Crippen molar-refractivity contribution < 1.29 is 14.8 Å². The van der Waals surface area contributed by atoms with E-state index in [0.29, 0.717) is 0 Å². The summed E-state index contributed by atoms with van der Waals surface area (Å²) in [4.78, 5) is 0. The molecule has 0 bridgehead atoms. The second-order valence-corrected chi connectivity index (χ2v) is 7.24. The monoisotopic (exact) mass is 304 g/mol. The molecule has 1 aromatic rings. The average molecular weight is 304 g/mol. The molecule has 3 nitrogen and oxygen atoms in total. The summed E-state index contributed by atoms with van der Waals surface area (Å²) in [6.07, 6.45) is 3.28. The molecule has 1 rings (SSSR count). The molecule has 0 aliphatic heterocycles. The molecule has 0 unspecified atom stereocenters. The van der Waals surface area contributed by atoms with E-state index in [1.54, 1.807) is 6.08 Å². The van der Waals surface area contributed by atoms with Crippen LogP contribution < -0.4 is 0 Å². The third-order valence-corrected chi connectivity index (χ3v) is 4.31. The van der Waals surface area contributed by atoms with Crippen molar-refractivity contribution >= 4 is 7.12 Å². The van der Waals surface area contributed by atoms with E-state index in [1.165, 1.54) is 11.5 Å². The SMILES string of the molecule is CC(C)(C)C(C)(C)O[C@H](/C=C/B(O)O)CCc1ccccc1. The van der Waals surface area contributed by atoms with Gasteiger partial charge in [-0.25, -0.2) is 0 Å². The van der Waals surface area contributed by atoms with Gasteiger partial charge >= 0.3 is 7.12 Å². The Labute approximate surface area is 135 Å². The topological polar surface area (TPSA) is 49.7 Å². The lowest BCUT2D eigenvalue weighted by molar-refractivity contribution is -0.117. The first kappa shape index (κ1) is 19.0. The van der Waals surface area contributed by atoms with Gasteiger partial charge in [0.2, 0.25) is 0 Å². The summed E-state index contributed by atoms with van der Waals surface area (Å²) in [5.74, 6) is 1.37. The van der Waals surface area contributed by atoms with Crippen molar-refractivity contribution in [3.63, 3.8) is 0 Å². The lowest BCUT2D eigenvalue weighted by Gasteiger charge is -2.41. The van der Waals surface area contributed by atoms with E-state index >= 15 is 0 Å². The standard InChI is InChI=1S/C18H29BO3/c1-17(2,3)18(4,5)22-16(13-14-19(20)21)12-11-15-9-7-6-8-10-15/h6-10,13-14,16,20-21H,11-12H2,1-5H3/b14-13+/t16-/m0/s1. The van der Waals surface area contributed by atoms with Gasteiger partial charge in [-0.05, 0) is 37.7 Å². The predicted octanol–water partition coefficient (Wildman–Crippen LogP) is 3.40. The van der Waals surface area contributed by atoms with Gasteiger partial charge in [-0.1, -0.05) is 63.2 Å². The van der Waals surface area contributed by atoms with Crippen LogP contribution >= 0.6 is 0 Å². The minimum absolute atomic E-state index is 0.0103. The van der Waals surface area contributed by atoms with Crippen LogP contribution in [0, 0.1) is 5.41 Å². The largest absolute Gasteiger partial charge is 0.480 e. The third-order valence-electron chi connectivity index (χ3n) is 4.31. The maximum atomic E-state index is 9.06. The van der Waals surface area contributed by atoms with Crippen molar-refractivity contribution in [3.8, 4) is 0 Å². The molecule has 0 aliphatic rings. The first-order chi connectivity index (χ1) is 10.1. The summed E-state index contributed by atoms with van der Waals surface area (Å²) in [6, 6.07) is 10.2. The van der Waals surface area contributed by atoms with Crippen molar-refractivity contribution in [2.24, 2.45) is 5.41 Å². The highest BCUT2D eigenvalue weighted by molar-refractivity contribution is 6.47. The van der Waals surface area contributed by atoms with Gasteiger partial charge in [0, 0.05) is 0 Å². The van der Waals surface area contributed by atoms with Crippen LogP contribution in [0.3, 0.4) is 0 Å². The van der Waals surface area contributed by atoms with Gasteiger partial charge in [0.25, 0.3) is 0 Å². The Hall–Kier alpha value is -1.10. The third kappa shape index (κ3) is 6.35. The molecule has 122 valence electrons. The Kier molecular flexibility index (Phi) is 6.85. The normalized spacial score (nSPS) is 14.3. The van der Waals surface area contributed by atoms with Gasteiger partial charge in [0.05, 0.1) is 11.7 Å². The number of hydrogen-bond acceptors (Lipinski definition) is 3. The van der Waals surface area contributed by atoms with Gasteiger partial charge < -0.3 is 14.8 Å². The van der Waals surface area contributed by atoms with Crippen LogP contribution in [0.25, 0.3) is 0 Å². The molecular weight excluding hydrogens is 275 g/mol. The lowest BCUT2D eigenvalue weighted by Crippen LogP contribution is -2.42. The van der Waals surface area contributed by atoms with Gasteiger partial charge in [-0.15, -0.1) is 0 Å². The van der Waals surface area contributed by atoms with Crippen molar-refractivity contribution in [2.45, 2.75) is 59.2 Å². The van der Waals surface area contributed by atoms with E-state index < -0.39 is 7.12 Å². The van der Waals surface area contributed by atoms with Crippen LogP contribution in [0.1, 0.15) is 46.6 Å². The minimum Gasteiger partial charge on any atom is -0.424 e. The van der Waals surface area contributed by atoms with Crippen LogP contribution in [0.4, 0.5) is 0 Å². The fraction of sp³-hybridized carbons (Fsp3) is 0.556. The highest BCUT2D eigenvalue weighted by Gasteiger charge is 2.35. The fourth-order valence-electron chi connectivity index (χ4n) is 1.93. The van der Waals surface area contributed by atoms with Crippen molar-refractivity contribution in [1.29, 1.82) is 0 Å². The fourth-order valence-corrected chi connectivity index (χ4v) is 1.93. The van der Waals surface area contributed by atoms with Crippen LogP contribution in [-0.4, -0.2) is 28.9 Å². The zero-order valence-corrected chi connectivity index (χ0v) is 14.4. The Morgan fingerprint density at radius 1 is 1.09 bits per heavy atom. The second kappa shape index (κ2) is 7.95. The Bertz CT molecular complexity index is 461. The molecule has 0 aliphatic carbocycles. The molecule has 0 aromatic heterocycles.